The summed E-state index contributed by atoms with van der Waals surface area (Å²) in [5.41, 5.74) is 0.128. The number of rotatable bonds is 5. The van der Waals surface area contributed by atoms with E-state index in [1.807, 2.05) is 10.8 Å². The molecule has 8 nitrogen and oxygen atoms in total. The summed E-state index contributed by atoms with van der Waals surface area (Å²) in [6.45, 7) is 0. The van der Waals surface area contributed by atoms with E-state index in [4.69, 9.17) is 16.9 Å². The molecule has 1 amide bonds. The first-order valence-corrected chi connectivity index (χ1v) is 10.6. The number of nitrogens with one attached hydrogen (secondary N) is 1. The summed E-state index contributed by atoms with van der Waals surface area (Å²) in [6, 6.07) is 10.4. The Labute approximate surface area is 162 Å². The number of halogens is 1. The smallest absolute Gasteiger partial charge is 0.265 e. The Morgan fingerprint density at radius 1 is 1.11 bits per heavy atom. The highest BCUT2D eigenvalue weighted by atomic mass is 35.5. The molecule has 11 heteroatoms. The number of amides is 1. The predicted molar refractivity (Wildman–Crippen MR) is 98.1 cm³/mol. The van der Waals surface area contributed by atoms with Crippen LogP contribution in [0.2, 0.25) is 5.02 Å². The molecule has 0 spiro atoms. The summed E-state index contributed by atoms with van der Waals surface area (Å²) in [6.07, 6.45) is 0. The van der Waals surface area contributed by atoms with Gasteiger partial charge < -0.3 is 0 Å². The third-order valence-corrected chi connectivity index (χ3v) is 7.08. The maximum absolute atomic E-state index is 12.6. The molecular formula is C16H14ClN3O5S2. The van der Waals surface area contributed by atoms with Crippen LogP contribution in [0.4, 0.5) is 0 Å². The standard InChI is InChI=1S/C16H14ClN3O5S2/c1-20(2)27(24,25)13-6-7-14(17)15(9-13)26(22,23)19-16(21)12-5-3-4-11(8-12)10-18/h3-9H,1-2H3,(H,19,21). The van der Waals surface area contributed by atoms with Crippen molar-refractivity contribution >= 4 is 37.6 Å². The van der Waals surface area contributed by atoms with Gasteiger partial charge in [-0.25, -0.2) is 25.9 Å². The number of carbonyl (C=O) groups is 1. The minimum absolute atomic E-state index is 0.0502. The van der Waals surface area contributed by atoms with Crippen LogP contribution in [-0.4, -0.2) is 41.1 Å². The number of sulfonamides is 2. The first-order valence-electron chi connectivity index (χ1n) is 7.28. The molecule has 0 aromatic heterocycles. The number of carbonyl (C=O) groups excluding carboxylic acids is 1. The maximum atomic E-state index is 12.6. The van der Waals surface area contributed by atoms with E-state index in [1.54, 1.807) is 0 Å². The van der Waals surface area contributed by atoms with Gasteiger partial charge in [0.1, 0.15) is 4.90 Å². The van der Waals surface area contributed by atoms with Gasteiger partial charge in [0.15, 0.2) is 0 Å². The van der Waals surface area contributed by atoms with Gasteiger partial charge in [0.05, 0.1) is 21.6 Å². The highest BCUT2D eigenvalue weighted by Crippen LogP contribution is 2.26. The summed E-state index contributed by atoms with van der Waals surface area (Å²) < 4.78 is 52.2. The fourth-order valence-corrected chi connectivity index (χ4v) is 4.53. The molecule has 0 radical (unpaired) electrons. The highest BCUT2D eigenvalue weighted by Gasteiger charge is 2.26. The Hall–Kier alpha value is -2.45. The zero-order valence-electron chi connectivity index (χ0n) is 14.2. The minimum atomic E-state index is -4.46. The molecule has 0 aliphatic heterocycles. The zero-order valence-corrected chi connectivity index (χ0v) is 16.6. The van der Waals surface area contributed by atoms with E-state index in [0.29, 0.717) is 0 Å². The van der Waals surface area contributed by atoms with Gasteiger partial charge in [-0.05, 0) is 36.4 Å². The van der Waals surface area contributed by atoms with E-state index in [9.17, 15) is 21.6 Å². The maximum Gasteiger partial charge on any atom is 0.265 e. The highest BCUT2D eigenvalue weighted by molar-refractivity contribution is 7.90. The largest absolute Gasteiger partial charge is 0.268 e. The van der Waals surface area contributed by atoms with Crippen LogP contribution < -0.4 is 4.72 Å². The van der Waals surface area contributed by atoms with Gasteiger partial charge in [-0.3, -0.25) is 4.79 Å². The lowest BCUT2D eigenvalue weighted by Gasteiger charge is -2.14. The van der Waals surface area contributed by atoms with E-state index >= 15 is 0 Å². The van der Waals surface area contributed by atoms with Gasteiger partial charge in [0, 0.05) is 19.7 Å². The fourth-order valence-electron chi connectivity index (χ4n) is 2.03. The summed E-state index contributed by atoms with van der Waals surface area (Å²) >= 11 is 5.91. The molecule has 2 rings (SSSR count). The number of benzene rings is 2. The second-order valence-corrected chi connectivity index (χ2v) is 9.72. The lowest BCUT2D eigenvalue weighted by atomic mass is 10.1. The Balaban J connectivity index is 2.45. The summed E-state index contributed by atoms with van der Waals surface area (Å²) in [7, 11) is -5.78. The molecule has 0 aliphatic rings. The number of hydrogen-bond acceptors (Lipinski definition) is 6. The van der Waals surface area contributed by atoms with Crippen molar-refractivity contribution in [3.05, 3.63) is 58.6 Å². The molecular weight excluding hydrogens is 414 g/mol. The zero-order chi connectivity index (χ0) is 20.4. The second-order valence-electron chi connectivity index (χ2n) is 5.51. The SMILES string of the molecule is CN(C)S(=O)(=O)c1ccc(Cl)c(S(=O)(=O)NC(=O)c2cccc(C#N)c2)c1. The van der Waals surface area contributed by atoms with Crippen molar-refractivity contribution in [3.8, 4) is 6.07 Å². The van der Waals surface area contributed by atoms with Gasteiger partial charge in [-0.15, -0.1) is 0 Å². The average Bonchev–Trinajstić information content (AvgIpc) is 2.61. The molecule has 0 unspecified atom stereocenters. The van der Waals surface area contributed by atoms with Crippen LogP contribution in [-0.2, 0) is 20.0 Å². The van der Waals surface area contributed by atoms with Crippen LogP contribution >= 0.6 is 11.6 Å². The predicted octanol–water partition coefficient (Wildman–Crippen LogP) is 1.58. The molecule has 0 heterocycles. The summed E-state index contributed by atoms with van der Waals surface area (Å²) in [5.74, 6) is -0.982. The number of hydrogen-bond donors (Lipinski definition) is 1. The molecule has 27 heavy (non-hydrogen) atoms. The fraction of sp³-hybridized carbons (Fsp3) is 0.125. The van der Waals surface area contributed by atoms with Gasteiger partial charge >= 0.3 is 0 Å². The van der Waals surface area contributed by atoms with Gasteiger partial charge in [-0.1, -0.05) is 17.7 Å². The Morgan fingerprint density at radius 2 is 1.78 bits per heavy atom. The monoisotopic (exact) mass is 427 g/mol. The number of nitrogens with zero attached hydrogens (tertiary/aromatic N) is 2. The van der Waals surface area contributed by atoms with Gasteiger partial charge in [0.2, 0.25) is 10.0 Å². The summed E-state index contributed by atoms with van der Waals surface area (Å²) in [4.78, 5) is 11.4. The van der Waals surface area contributed by atoms with Crippen LogP contribution in [0.15, 0.2) is 52.3 Å². The van der Waals surface area contributed by atoms with Crippen LogP contribution in [0.1, 0.15) is 15.9 Å². The topological polar surface area (TPSA) is 124 Å². The lowest BCUT2D eigenvalue weighted by Crippen LogP contribution is -2.31. The molecule has 0 saturated heterocycles. The van der Waals surface area contributed by atoms with Crippen LogP contribution in [0.5, 0.6) is 0 Å². The van der Waals surface area contributed by atoms with Crippen LogP contribution in [0.25, 0.3) is 0 Å². The van der Waals surface area contributed by atoms with Crippen molar-refractivity contribution in [1.82, 2.24) is 9.03 Å². The van der Waals surface area contributed by atoms with Gasteiger partial charge in [-0.2, -0.15) is 5.26 Å². The van der Waals surface area contributed by atoms with E-state index in [-0.39, 0.29) is 21.0 Å². The quantitative estimate of drug-likeness (QED) is 0.772. The van der Waals surface area contributed by atoms with E-state index in [2.05, 4.69) is 0 Å². The molecule has 0 fully saturated rings. The van der Waals surface area contributed by atoms with E-state index < -0.39 is 30.8 Å². The van der Waals surface area contributed by atoms with E-state index in [1.165, 1.54) is 38.4 Å². The molecule has 2 aromatic carbocycles. The first-order chi connectivity index (χ1) is 12.5. The normalized spacial score (nSPS) is 11.8. The third kappa shape index (κ3) is 4.45. The van der Waals surface area contributed by atoms with Gasteiger partial charge in [0.25, 0.3) is 15.9 Å². The molecule has 0 bridgehead atoms. The molecule has 2 aromatic rings. The van der Waals surface area contributed by atoms with Crippen molar-refractivity contribution in [2.24, 2.45) is 0 Å². The Morgan fingerprint density at radius 3 is 2.37 bits per heavy atom. The Kier molecular flexibility index (Phi) is 5.91. The average molecular weight is 428 g/mol. The molecule has 0 saturated carbocycles. The van der Waals surface area contributed by atoms with Crippen molar-refractivity contribution in [2.45, 2.75) is 9.79 Å². The first kappa shape index (κ1) is 20.9. The molecule has 0 aliphatic carbocycles. The molecule has 1 N–H and O–H groups in total. The molecule has 142 valence electrons. The summed E-state index contributed by atoms with van der Waals surface area (Å²) in [5, 5.41) is 8.61. The van der Waals surface area contributed by atoms with Crippen molar-refractivity contribution in [1.29, 1.82) is 5.26 Å². The lowest BCUT2D eigenvalue weighted by molar-refractivity contribution is 0.0981. The minimum Gasteiger partial charge on any atom is -0.268 e. The Bertz CT molecular complexity index is 1150. The van der Waals surface area contributed by atoms with Crippen molar-refractivity contribution in [2.75, 3.05) is 14.1 Å². The van der Waals surface area contributed by atoms with Crippen molar-refractivity contribution in [3.63, 3.8) is 0 Å². The van der Waals surface area contributed by atoms with Crippen LogP contribution in [0.3, 0.4) is 0 Å². The van der Waals surface area contributed by atoms with Crippen LogP contribution in [0, 0.1) is 11.3 Å². The molecule has 0 atom stereocenters. The number of nitriles is 1. The third-order valence-electron chi connectivity index (χ3n) is 3.45. The van der Waals surface area contributed by atoms with Crippen molar-refractivity contribution < 1.29 is 21.6 Å². The second kappa shape index (κ2) is 7.66. The van der Waals surface area contributed by atoms with E-state index in [0.717, 1.165) is 22.5 Å².